The van der Waals surface area contributed by atoms with Gasteiger partial charge in [-0.25, -0.2) is 4.39 Å². The summed E-state index contributed by atoms with van der Waals surface area (Å²) in [5.74, 6) is 0.433. The largest absolute Gasteiger partial charge is 0.385 e. The van der Waals surface area contributed by atoms with Crippen molar-refractivity contribution >= 4 is 5.69 Å². The molecule has 2 rings (SSSR count). The fourth-order valence-corrected chi connectivity index (χ4v) is 1.57. The van der Waals surface area contributed by atoms with Crippen LogP contribution in [-0.4, -0.2) is 6.54 Å². The van der Waals surface area contributed by atoms with Gasteiger partial charge in [0.25, 0.3) is 0 Å². The van der Waals surface area contributed by atoms with Crippen LogP contribution in [0.25, 0.3) is 0 Å². The highest BCUT2D eigenvalue weighted by Crippen LogP contribution is 2.41. The van der Waals surface area contributed by atoms with Crippen LogP contribution in [0.4, 0.5) is 10.1 Å². The van der Waals surface area contributed by atoms with Crippen LogP contribution in [0, 0.1) is 5.82 Å². The standard InChI is InChI=1S/C11H14FN/c1-2-13-9-5-6-11(12)10(7-9)8-3-4-8/h5-8,13H,2-4H2,1H3. The summed E-state index contributed by atoms with van der Waals surface area (Å²) < 4.78 is 13.3. The lowest BCUT2D eigenvalue weighted by molar-refractivity contribution is 0.611. The lowest BCUT2D eigenvalue weighted by atomic mass is 10.1. The number of anilines is 1. The lowest BCUT2D eigenvalue weighted by Crippen LogP contribution is -1.98. The summed E-state index contributed by atoms with van der Waals surface area (Å²) in [6.07, 6.45) is 2.29. The van der Waals surface area contributed by atoms with Gasteiger partial charge in [-0.05, 0) is 49.4 Å². The molecule has 1 saturated carbocycles. The van der Waals surface area contributed by atoms with Gasteiger partial charge < -0.3 is 5.32 Å². The van der Waals surface area contributed by atoms with Crippen molar-refractivity contribution < 1.29 is 4.39 Å². The molecule has 0 radical (unpaired) electrons. The zero-order chi connectivity index (χ0) is 9.26. The predicted octanol–water partition coefficient (Wildman–Crippen LogP) is 3.13. The Bertz CT molecular complexity index is 305. The third-order valence-electron chi connectivity index (χ3n) is 2.39. The van der Waals surface area contributed by atoms with E-state index < -0.39 is 0 Å². The Balaban J connectivity index is 2.25. The summed E-state index contributed by atoms with van der Waals surface area (Å²) in [6.45, 7) is 2.93. The van der Waals surface area contributed by atoms with Gasteiger partial charge >= 0.3 is 0 Å². The first-order chi connectivity index (χ1) is 6.31. The van der Waals surface area contributed by atoms with Crippen LogP contribution in [-0.2, 0) is 0 Å². The molecule has 0 aromatic heterocycles. The molecular weight excluding hydrogens is 165 g/mol. The van der Waals surface area contributed by atoms with Crippen LogP contribution < -0.4 is 5.32 Å². The highest BCUT2D eigenvalue weighted by Gasteiger charge is 2.26. The molecule has 13 heavy (non-hydrogen) atoms. The Morgan fingerprint density at radius 1 is 1.46 bits per heavy atom. The van der Waals surface area contributed by atoms with E-state index in [0.717, 1.165) is 30.6 Å². The topological polar surface area (TPSA) is 12.0 Å². The molecule has 0 bridgehead atoms. The van der Waals surface area contributed by atoms with Crippen LogP contribution in [0.5, 0.6) is 0 Å². The molecule has 1 aliphatic carbocycles. The van der Waals surface area contributed by atoms with Gasteiger partial charge in [0.2, 0.25) is 0 Å². The molecule has 0 saturated heterocycles. The summed E-state index contributed by atoms with van der Waals surface area (Å²) in [6, 6.07) is 5.30. The molecule has 0 spiro atoms. The molecule has 0 atom stereocenters. The second kappa shape index (κ2) is 3.36. The second-order valence-electron chi connectivity index (χ2n) is 3.54. The summed E-state index contributed by atoms with van der Waals surface area (Å²) in [7, 11) is 0. The van der Waals surface area contributed by atoms with Crippen molar-refractivity contribution in [2.24, 2.45) is 0 Å². The zero-order valence-corrected chi connectivity index (χ0v) is 7.81. The zero-order valence-electron chi connectivity index (χ0n) is 7.81. The van der Waals surface area contributed by atoms with Crippen LogP contribution >= 0.6 is 0 Å². The monoisotopic (exact) mass is 179 g/mol. The Kier molecular flexibility index (Phi) is 2.21. The van der Waals surface area contributed by atoms with Gasteiger partial charge in [0.15, 0.2) is 0 Å². The smallest absolute Gasteiger partial charge is 0.126 e. The molecule has 0 aliphatic heterocycles. The maximum absolute atomic E-state index is 13.3. The predicted molar refractivity (Wildman–Crippen MR) is 52.5 cm³/mol. The fourth-order valence-electron chi connectivity index (χ4n) is 1.57. The van der Waals surface area contributed by atoms with Gasteiger partial charge in [0.05, 0.1) is 0 Å². The summed E-state index contributed by atoms with van der Waals surface area (Å²) in [5, 5.41) is 3.19. The molecule has 0 heterocycles. The van der Waals surface area contributed by atoms with Crippen LogP contribution in [0.2, 0.25) is 0 Å². The van der Waals surface area contributed by atoms with Crippen molar-refractivity contribution in [1.82, 2.24) is 0 Å². The number of hydrogen-bond acceptors (Lipinski definition) is 1. The van der Waals surface area contributed by atoms with Crippen molar-refractivity contribution in [2.75, 3.05) is 11.9 Å². The number of hydrogen-bond donors (Lipinski definition) is 1. The van der Waals surface area contributed by atoms with Gasteiger partial charge in [0.1, 0.15) is 5.82 Å². The Labute approximate surface area is 78.0 Å². The first kappa shape index (κ1) is 8.54. The van der Waals surface area contributed by atoms with E-state index in [1.165, 1.54) is 0 Å². The molecule has 1 aromatic rings. The quantitative estimate of drug-likeness (QED) is 0.751. The molecule has 2 heteroatoms. The Hall–Kier alpha value is -1.05. The Morgan fingerprint density at radius 3 is 2.85 bits per heavy atom. The van der Waals surface area contributed by atoms with Gasteiger partial charge in [-0.3, -0.25) is 0 Å². The summed E-state index contributed by atoms with van der Waals surface area (Å²) in [5.41, 5.74) is 1.92. The molecule has 1 fully saturated rings. The van der Waals surface area contributed by atoms with Crippen molar-refractivity contribution in [3.05, 3.63) is 29.6 Å². The van der Waals surface area contributed by atoms with E-state index in [9.17, 15) is 4.39 Å². The minimum absolute atomic E-state index is 0.0517. The average molecular weight is 179 g/mol. The van der Waals surface area contributed by atoms with E-state index in [1.807, 2.05) is 13.0 Å². The molecule has 1 aromatic carbocycles. The minimum Gasteiger partial charge on any atom is -0.385 e. The van der Waals surface area contributed by atoms with Crippen molar-refractivity contribution in [2.45, 2.75) is 25.7 Å². The van der Waals surface area contributed by atoms with Crippen molar-refractivity contribution in [1.29, 1.82) is 0 Å². The molecule has 0 unspecified atom stereocenters. The number of rotatable bonds is 3. The first-order valence-corrected chi connectivity index (χ1v) is 4.84. The molecule has 70 valence electrons. The Morgan fingerprint density at radius 2 is 2.23 bits per heavy atom. The van der Waals surface area contributed by atoms with E-state index in [-0.39, 0.29) is 5.82 Å². The van der Waals surface area contributed by atoms with Crippen LogP contribution in [0.15, 0.2) is 18.2 Å². The molecule has 1 N–H and O–H groups in total. The average Bonchev–Trinajstić information content (AvgIpc) is 2.92. The van der Waals surface area contributed by atoms with Crippen LogP contribution in [0.3, 0.4) is 0 Å². The van der Waals surface area contributed by atoms with Gasteiger partial charge in [-0.2, -0.15) is 0 Å². The third kappa shape index (κ3) is 1.82. The second-order valence-corrected chi connectivity index (χ2v) is 3.54. The van der Waals surface area contributed by atoms with E-state index in [1.54, 1.807) is 12.1 Å². The highest BCUT2D eigenvalue weighted by atomic mass is 19.1. The van der Waals surface area contributed by atoms with E-state index >= 15 is 0 Å². The number of benzene rings is 1. The van der Waals surface area contributed by atoms with E-state index in [4.69, 9.17) is 0 Å². The van der Waals surface area contributed by atoms with Crippen LogP contribution in [0.1, 0.15) is 31.2 Å². The SMILES string of the molecule is CCNc1ccc(F)c(C2CC2)c1. The van der Waals surface area contributed by atoms with Gasteiger partial charge in [-0.15, -0.1) is 0 Å². The lowest BCUT2D eigenvalue weighted by Gasteiger charge is -2.06. The molecule has 0 amide bonds. The summed E-state index contributed by atoms with van der Waals surface area (Å²) in [4.78, 5) is 0. The van der Waals surface area contributed by atoms with E-state index in [0.29, 0.717) is 5.92 Å². The van der Waals surface area contributed by atoms with Crippen molar-refractivity contribution in [3.8, 4) is 0 Å². The van der Waals surface area contributed by atoms with E-state index in [2.05, 4.69) is 5.32 Å². The highest BCUT2D eigenvalue weighted by molar-refractivity contribution is 5.47. The van der Waals surface area contributed by atoms with Crippen molar-refractivity contribution in [3.63, 3.8) is 0 Å². The fraction of sp³-hybridized carbons (Fsp3) is 0.455. The maximum atomic E-state index is 13.3. The van der Waals surface area contributed by atoms with Gasteiger partial charge in [0, 0.05) is 12.2 Å². The maximum Gasteiger partial charge on any atom is 0.126 e. The first-order valence-electron chi connectivity index (χ1n) is 4.84. The third-order valence-corrected chi connectivity index (χ3v) is 2.39. The molecule has 1 nitrogen and oxygen atoms in total. The molecule has 1 aliphatic rings. The van der Waals surface area contributed by atoms with Gasteiger partial charge in [-0.1, -0.05) is 0 Å². The minimum atomic E-state index is -0.0517. The summed E-state index contributed by atoms with van der Waals surface area (Å²) >= 11 is 0. The number of nitrogens with one attached hydrogen (secondary N) is 1. The number of halogens is 1. The normalized spacial score (nSPS) is 15.8. The molecular formula is C11H14FN.